The summed E-state index contributed by atoms with van der Waals surface area (Å²) >= 11 is 5.79. The number of carboxylic acids is 1. The highest BCUT2D eigenvalue weighted by atomic mass is 35.5. The molecule has 0 saturated heterocycles. The number of nitrogens with one attached hydrogen (secondary N) is 2. The Morgan fingerprint density at radius 2 is 2.10 bits per heavy atom. The van der Waals surface area contributed by atoms with Gasteiger partial charge in [0, 0.05) is 25.8 Å². The second-order valence-electron chi connectivity index (χ2n) is 4.14. The second-order valence-corrected chi connectivity index (χ2v) is 4.58. The molecule has 0 fully saturated rings. The van der Waals surface area contributed by atoms with Crippen LogP contribution in [0, 0.1) is 0 Å². The van der Waals surface area contributed by atoms with Gasteiger partial charge in [-0.05, 0) is 18.2 Å². The fraction of sp³-hybridized carbons (Fsp3) is 0.385. The van der Waals surface area contributed by atoms with E-state index in [1.807, 2.05) is 0 Å². The number of hydrogen-bond donors (Lipinski definition) is 3. The maximum Gasteiger partial charge on any atom is 0.337 e. The van der Waals surface area contributed by atoms with Gasteiger partial charge in [0.2, 0.25) is 0 Å². The van der Waals surface area contributed by atoms with E-state index in [0.717, 1.165) is 0 Å². The zero-order valence-electron chi connectivity index (χ0n) is 11.7. The van der Waals surface area contributed by atoms with E-state index < -0.39 is 12.0 Å². The van der Waals surface area contributed by atoms with Crippen molar-refractivity contribution in [2.75, 3.05) is 32.7 Å². The van der Waals surface area contributed by atoms with Gasteiger partial charge in [-0.15, -0.1) is 0 Å². The first-order chi connectivity index (χ1) is 9.97. The molecule has 1 atom stereocenters. The van der Waals surface area contributed by atoms with Crippen LogP contribution in [0.5, 0.6) is 0 Å². The van der Waals surface area contributed by atoms with Gasteiger partial charge >= 0.3 is 12.0 Å². The minimum absolute atomic E-state index is 0.0465. The molecule has 1 aromatic carbocycles. The van der Waals surface area contributed by atoms with Crippen molar-refractivity contribution in [1.29, 1.82) is 0 Å². The minimum Gasteiger partial charge on any atom is -0.478 e. The molecule has 1 aromatic rings. The third kappa shape index (κ3) is 5.58. The zero-order valence-corrected chi connectivity index (χ0v) is 12.4. The number of benzene rings is 1. The van der Waals surface area contributed by atoms with Crippen LogP contribution >= 0.6 is 11.6 Å². The van der Waals surface area contributed by atoms with Crippen LogP contribution < -0.4 is 10.6 Å². The van der Waals surface area contributed by atoms with Crippen molar-refractivity contribution in [3.05, 3.63) is 28.8 Å². The first-order valence-electron chi connectivity index (χ1n) is 6.07. The Bertz CT molecular complexity index is 509. The number of halogens is 1. The van der Waals surface area contributed by atoms with Crippen LogP contribution in [-0.2, 0) is 9.47 Å². The number of carboxylic acid groups (broad SMARTS) is 1. The lowest BCUT2D eigenvalue weighted by molar-refractivity contribution is 0.0307. The molecule has 2 amide bonds. The van der Waals surface area contributed by atoms with E-state index in [-0.39, 0.29) is 23.9 Å². The largest absolute Gasteiger partial charge is 0.478 e. The number of hydrogen-bond acceptors (Lipinski definition) is 4. The molecule has 0 aliphatic carbocycles. The summed E-state index contributed by atoms with van der Waals surface area (Å²) in [5.74, 6) is -1.16. The third-order valence-electron chi connectivity index (χ3n) is 2.64. The molecule has 0 aromatic heterocycles. The molecule has 3 N–H and O–H groups in total. The van der Waals surface area contributed by atoms with Gasteiger partial charge in [-0.3, -0.25) is 0 Å². The average molecular weight is 317 g/mol. The van der Waals surface area contributed by atoms with Gasteiger partial charge in [0.15, 0.2) is 0 Å². The minimum atomic E-state index is -1.16. The SMILES string of the molecule is COCC(CNC(=O)Nc1cc(Cl)ccc1C(=O)O)OC. The third-order valence-corrected chi connectivity index (χ3v) is 2.87. The van der Waals surface area contributed by atoms with Crippen molar-refractivity contribution in [2.24, 2.45) is 0 Å². The van der Waals surface area contributed by atoms with Crippen LogP contribution in [0.3, 0.4) is 0 Å². The van der Waals surface area contributed by atoms with Gasteiger partial charge in [0.05, 0.1) is 24.0 Å². The summed E-state index contributed by atoms with van der Waals surface area (Å²) in [6, 6.07) is 3.57. The fourth-order valence-electron chi connectivity index (χ4n) is 1.58. The molecule has 0 aliphatic rings. The van der Waals surface area contributed by atoms with Crippen molar-refractivity contribution in [1.82, 2.24) is 5.32 Å². The number of urea groups is 1. The Balaban J connectivity index is 2.66. The highest BCUT2D eigenvalue weighted by molar-refractivity contribution is 6.31. The summed E-state index contributed by atoms with van der Waals surface area (Å²) in [6.45, 7) is 0.549. The van der Waals surface area contributed by atoms with E-state index in [1.165, 1.54) is 32.4 Å². The molecule has 0 spiro atoms. The molecule has 8 heteroatoms. The monoisotopic (exact) mass is 316 g/mol. The molecule has 7 nitrogen and oxygen atoms in total. The molecule has 21 heavy (non-hydrogen) atoms. The van der Waals surface area contributed by atoms with Gasteiger partial charge in [0.25, 0.3) is 0 Å². The number of carbonyl (C=O) groups is 2. The molecule has 0 aliphatic heterocycles. The fourth-order valence-corrected chi connectivity index (χ4v) is 1.75. The Hall–Kier alpha value is -1.83. The molecular weight excluding hydrogens is 300 g/mol. The highest BCUT2D eigenvalue weighted by Gasteiger charge is 2.14. The number of amides is 2. The molecule has 0 heterocycles. The lowest BCUT2D eigenvalue weighted by Gasteiger charge is -2.16. The molecule has 0 bridgehead atoms. The van der Waals surface area contributed by atoms with E-state index in [4.69, 9.17) is 26.2 Å². The summed E-state index contributed by atoms with van der Waals surface area (Å²) in [5, 5.41) is 14.4. The summed E-state index contributed by atoms with van der Waals surface area (Å²) in [7, 11) is 3.03. The summed E-state index contributed by atoms with van der Waals surface area (Å²) in [4.78, 5) is 22.8. The maximum atomic E-state index is 11.8. The Morgan fingerprint density at radius 1 is 1.38 bits per heavy atom. The molecular formula is C13H17ClN2O5. The Kier molecular flexibility index (Phi) is 6.93. The van der Waals surface area contributed by atoms with Crippen LogP contribution in [0.25, 0.3) is 0 Å². The lowest BCUT2D eigenvalue weighted by Crippen LogP contribution is -2.38. The molecule has 0 radical (unpaired) electrons. The smallest absolute Gasteiger partial charge is 0.337 e. The number of methoxy groups -OCH3 is 2. The van der Waals surface area contributed by atoms with Crippen LogP contribution in [0.4, 0.5) is 10.5 Å². The first kappa shape index (κ1) is 17.2. The number of aromatic carboxylic acids is 1. The predicted octanol–water partition coefficient (Wildman–Crippen LogP) is 1.82. The molecule has 116 valence electrons. The van der Waals surface area contributed by atoms with Crippen LogP contribution in [0.2, 0.25) is 5.02 Å². The molecule has 1 unspecified atom stereocenters. The zero-order chi connectivity index (χ0) is 15.8. The quantitative estimate of drug-likeness (QED) is 0.713. The van der Waals surface area contributed by atoms with Gasteiger partial charge < -0.3 is 25.2 Å². The second kappa shape index (κ2) is 8.46. The first-order valence-corrected chi connectivity index (χ1v) is 6.45. The number of carbonyl (C=O) groups excluding carboxylic acids is 1. The van der Waals surface area contributed by atoms with E-state index in [0.29, 0.717) is 11.6 Å². The molecule has 1 rings (SSSR count). The summed E-state index contributed by atoms with van der Waals surface area (Å²) in [6.07, 6.45) is -0.293. The van der Waals surface area contributed by atoms with Gasteiger partial charge in [0.1, 0.15) is 0 Å². The van der Waals surface area contributed by atoms with Crippen molar-refractivity contribution < 1.29 is 24.2 Å². The van der Waals surface area contributed by atoms with Crippen LogP contribution in [0.1, 0.15) is 10.4 Å². The van der Waals surface area contributed by atoms with E-state index in [9.17, 15) is 9.59 Å². The lowest BCUT2D eigenvalue weighted by atomic mass is 10.2. The van der Waals surface area contributed by atoms with Gasteiger partial charge in [-0.1, -0.05) is 11.6 Å². The highest BCUT2D eigenvalue weighted by Crippen LogP contribution is 2.21. The predicted molar refractivity (Wildman–Crippen MR) is 78.1 cm³/mol. The average Bonchev–Trinajstić information content (AvgIpc) is 2.43. The normalized spacial score (nSPS) is 11.8. The number of rotatable bonds is 7. The topological polar surface area (TPSA) is 96.9 Å². The van der Waals surface area contributed by atoms with Gasteiger partial charge in [-0.2, -0.15) is 0 Å². The maximum absolute atomic E-state index is 11.8. The van der Waals surface area contributed by atoms with Crippen LogP contribution in [-0.4, -0.2) is 50.6 Å². The number of anilines is 1. The standard InChI is InChI=1S/C13H17ClN2O5/c1-20-7-9(21-2)6-15-13(19)16-11-5-8(14)3-4-10(11)12(17)18/h3-5,9H,6-7H2,1-2H3,(H,17,18)(H2,15,16,19). The van der Waals surface area contributed by atoms with Crippen LogP contribution in [0.15, 0.2) is 18.2 Å². The Labute approximate surface area is 127 Å². The summed E-state index contributed by atoms with van der Waals surface area (Å²) < 4.78 is 10.0. The van der Waals surface area contributed by atoms with Crippen molar-refractivity contribution in [3.8, 4) is 0 Å². The van der Waals surface area contributed by atoms with E-state index in [2.05, 4.69) is 10.6 Å². The van der Waals surface area contributed by atoms with E-state index in [1.54, 1.807) is 0 Å². The van der Waals surface area contributed by atoms with E-state index >= 15 is 0 Å². The van der Waals surface area contributed by atoms with Crippen molar-refractivity contribution in [2.45, 2.75) is 6.10 Å². The van der Waals surface area contributed by atoms with Gasteiger partial charge in [-0.25, -0.2) is 9.59 Å². The van der Waals surface area contributed by atoms with Crippen molar-refractivity contribution >= 4 is 29.3 Å². The number of ether oxygens (including phenoxy) is 2. The Morgan fingerprint density at radius 3 is 2.67 bits per heavy atom. The molecule has 0 saturated carbocycles. The summed E-state index contributed by atoms with van der Waals surface area (Å²) in [5.41, 5.74) is 0.0722. The van der Waals surface area contributed by atoms with Crippen molar-refractivity contribution in [3.63, 3.8) is 0 Å².